The minimum Gasteiger partial charge on any atom is -0.396 e. The van der Waals surface area contributed by atoms with E-state index >= 15 is 0 Å². The molecule has 2 aliphatic rings. The molecule has 0 bridgehead atoms. The maximum Gasteiger partial charge on any atom is 0.263 e. The highest BCUT2D eigenvalue weighted by molar-refractivity contribution is 7.17. The number of methoxy groups -OCH3 is 1. The summed E-state index contributed by atoms with van der Waals surface area (Å²) in [5.41, 5.74) is 0.131. The molecule has 3 rings (SSSR count). The Hall–Kier alpha value is -0.660. The van der Waals surface area contributed by atoms with Crippen LogP contribution in [0.3, 0.4) is 0 Å². The van der Waals surface area contributed by atoms with Gasteiger partial charge in [-0.05, 0) is 30.4 Å². The highest BCUT2D eigenvalue weighted by Crippen LogP contribution is 2.44. The number of carbonyl (C=O) groups is 1. The Labute approximate surface area is 152 Å². The van der Waals surface area contributed by atoms with Crippen molar-refractivity contribution in [1.29, 1.82) is 0 Å². The second kappa shape index (κ2) is 7.70. The first-order valence-corrected chi connectivity index (χ1v) is 9.64. The number of halogens is 1. The van der Waals surface area contributed by atoms with Crippen LogP contribution >= 0.6 is 22.9 Å². The van der Waals surface area contributed by atoms with Crippen molar-refractivity contribution >= 4 is 28.8 Å². The average molecular weight is 373 g/mol. The fraction of sp³-hybridized carbons (Fsp3) is 0.706. The SMILES string of the molecule is COCCN1CC(CO)C2(CCN(C(=O)c3ccc(Cl)s3)CC2)C1. The Balaban J connectivity index is 1.61. The largest absolute Gasteiger partial charge is 0.396 e. The molecule has 134 valence electrons. The van der Waals surface area contributed by atoms with Crippen LogP contribution in [0.15, 0.2) is 12.1 Å². The Bertz CT molecular complexity index is 572. The Morgan fingerprint density at radius 2 is 2.21 bits per heavy atom. The zero-order valence-electron chi connectivity index (χ0n) is 14.0. The molecule has 24 heavy (non-hydrogen) atoms. The summed E-state index contributed by atoms with van der Waals surface area (Å²) in [4.78, 5) is 17.6. The topological polar surface area (TPSA) is 53.0 Å². The van der Waals surface area contributed by atoms with Gasteiger partial charge in [-0.15, -0.1) is 11.3 Å². The number of aliphatic hydroxyl groups excluding tert-OH is 1. The third kappa shape index (κ3) is 3.63. The zero-order chi connectivity index (χ0) is 17.2. The van der Waals surface area contributed by atoms with Crippen molar-refractivity contribution in [3.05, 3.63) is 21.3 Å². The fourth-order valence-electron chi connectivity index (χ4n) is 4.09. The zero-order valence-corrected chi connectivity index (χ0v) is 15.6. The number of ether oxygens (including phenoxy) is 1. The second-order valence-electron chi connectivity index (χ2n) is 6.87. The van der Waals surface area contributed by atoms with E-state index in [2.05, 4.69) is 4.90 Å². The standard InChI is InChI=1S/C17H25ClN2O3S/c1-23-9-8-19-10-13(11-21)17(12-19)4-6-20(7-5-17)16(22)14-2-3-15(18)24-14/h2-3,13,21H,4-12H2,1H3. The predicted molar refractivity (Wildman–Crippen MR) is 95.8 cm³/mol. The number of amides is 1. The van der Waals surface area contributed by atoms with Crippen molar-refractivity contribution < 1.29 is 14.6 Å². The van der Waals surface area contributed by atoms with E-state index in [1.165, 1.54) is 11.3 Å². The number of carbonyl (C=O) groups excluding carboxylic acids is 1. The summed E-state index contributed by atoms with van der Waals surface area (Å²) in [6, 6.07) is 3.58. The molecule has 1 N–H and O–H groups in total. The van der Waals surface area contributed by atoms with Crippen LogP contribution in [0.4, 0.5) is 0 Å². The van der Waals surface area contributed by atoms with Gasteiger partial charge >= 0.3 is 0 Å². The van der Waals surface area contributed by atoms with E-state index in [1.807, 2.05) is 4.90 Å². The van der Waals surface area contributed by atoms with Crippen LogP contribution in [0.25, 0.3) is 0 Å². The summed E-state index contributed by atoms with van der Waals surface area (Å²) >= 11 is 7.28. The molecule has 1 aromatic rings. The highest BCUT2D eigenvalue weighted by Gasteiger charge is 2.47. The maximum atomic E-state index is 12.6. The van der Waals surface area contributed by atoms with Crippen LogP contribution in [0.2, 0.25) is 4.34 Å². The first-order valence-electron chi connectivity index (χ1n) is 8.45. The van der Waals surface area contributed by atoms with Gasteiger partial charge in [0.1, 0.15) is 0 Å². The quantitative estimate of drug-likeness (QED) is 0.860. The average Bonchev–Trinajstić information content (AvgIpc) is 3.17. The second-order valence-corrected chi connectivity index (χ2v) is 8.58. The number of hydrogen-bond donors (Lipinski definition) is 1. The van der Waals surface area contributed by atoms with E-state index in [9.17, 15) is 9.90 Å². The van der Waals surface area contributed by atoms with Gasteiger partial charge in [0.15, 0.2) is 0 Å². The van der Waals surface area contributed by atoms with E-state index in [-0.39, 0.29) is 17.9 Å². The molecule has 1 aromatic heterocycles. The van der Waals surface area contributed by atoms with Crippen LogP contribution < -0.4 is 0 Å². The molecular formula is C17H25ClN2O3S. The third-order valence-corrected chi connectivity index (χ3v) is 6.76. The van der Waals surface area contributed by atoms with E-state index in [0.29, 0.717) is 15.1 Å². The van der Waals surface area contributed by atoms with Gasteiger partial charge in [0, 0.05) is 52.4 Å². The van der Waals surface area contributed by atoms with Crippen molar-refractivity contribution in [2.45, 2.75) is 12.8 Å². The Morgan fingerprint density at radius 1 is 1.46 bits per heavy atom. The maximum absolute atomic E-state index is 12.6. The van der Waals surface area contributed by atoms with Gasteiger partial charge in [0.05, 0.1) is 15.8 Å². The van der Waals surface area contributed by atoms with Gasteiger partial charge in [-0.1, -0.05) is 11.6 Å². The minimum absolute atomic E-state index is 0.0801. The first kappa shape index (κ1) is 18.1. The predicted octanol–water partition coefficient (Wildman–Crippen LogP) is 2.19. The monoisotopic (exact) mass is 372 g/mol. The van der Waals surface area contributed by atoms with Crippen molar-refractivity contribution in [1.82, 2.24) is 9.80 Å². The van der Waals surface area contributed by atoms with Gasteiger partial charge in [-0.2, -0.15) is 0 Å². The Morgan fingerprint density at radius 3 is 2.79 bits per heavy atom. The molecule has 1 atom stereocenters. The van der Waals surface area contributed by atoms with E-state index < -0.39 is 0 Å². The smallest absolute Gasteiger partial charge is 0.263 e. The summed E-state index contributed by atoms with van der Waals surface area (Å²) < 4.78 is 5.83. The lowest BCUT2D eigenvalue weighted by atomic mass is 9.71. The lowest BCUT2D eigenvalue weighted by molar-refractivity contribution is 0.0402. The molecule has 2 saturated heterocycles. The van der Waals surface area contributed by atoms with Gasteiger partial charge in [0.2, 0.25) is 0 Å². The first-order chi connectivity index (χ1) is 11.6. The molecule has 7 heteroatoms. The number of nitrogens with zero attached hydrogens (tertiary/aromatic N) is 2. The number of rotatable bonds is 5. The minimum atomic E-state index is 0.0801. The Kier molecular flexibility index (Phi) is 5.82. The molecule has 0 saturated carbocycles. The number of thiophene rings is 1. The number of hydrogen-bond acceptors (Lipinski definition) is 5. The van der Waals surface area contributed by atoms with Gasteiger partial charge < -0.3 is 19.6 Å². The lowest BCUT2D eigenvalue weighted by Gasteiger charge is -2.42. The van der Waals surface area contributed by atoms with Crippen molar-refractivity contribution in [3.63, 3.8) is 0 Å². The normalized spacial score (nSPS) is 24.0. The van der Waals surface area contributed by atoms with Gasteiger partial charge in [-0.25, -0.2) is 0 Å². The number of aliphatic hydroxyl groups is 1. The van der Waals surface area contributed by atoms with Crippen LogP contribution in [-0.2, 0) is 4.74 Å². The number of piperidine rings is 1. The van der Waals surface area contributed by atoms with Crippen LogP contribution in [0, 0.1) is 11.3 Å². The molecule has 0 aromatic carbocycles. The molecule has 2 aliphatic heterocycles. The summed E-state index contributed by atoms with van der Waals surface area (Å²) in [5, 5.41) is 9.83. The van der Waals surface area contributed by atoms with E-state index in [4.69, 9.17) is 16.3 Å². The van der Waals surface area contributed by atoms with E-state index in [1.54, 1.807) is 19.2 Å². The van der Waals surface area contributed by atoms with Crippen LogP contribution in [-0.4, -0.2) is 73.9 Å². The molecule has 1 spiro atoms. The molecule has 2 fully saturated rings. The van der Waals surface area contributed by atoms with Crippen molar-refractivity contribution in [2.75, 3.05) is 53.0 Å². The van der Waals surface area contributed by atoms with Crippen LogP contribution in [0.5, 0.6) is 0 Å². The molecule has 3 heterocycles. The summed E-state index contributed by atoms with van der Waals surface area (Å²) in [6.07, 6.45) is 1.90. The van der Waals surface area contributed by atoms with Gasteiger partial charge in [0.25, 0.3) is 5.91 Å². The molecule has 0 radical (unpaired) electrons. The van der Waals surface area contributed by atoms with E-state index in [0.717, 1.165) is 52.2 Å². The molecule has 0 aliphatic carbocycles. The van der Waals surface area contributed by atoms with Crippen molar-refractivity contribution in [2.24, 2.45) is 11.3 Å². The fourth-order valence-corrected chi connectivity index (χ4v) is 5.10. The summed E-state index contributed by atoms with van der Waals surface area (Å²) in [7, 11) is 1.72. The van der Waals surface area contributed by atoms with Gasteiger partial charge in [-0.3, -0.25) is 4.79 Å². The lowest BCUT2D eigenvalue weighted by Crippen LogP contribution is -2.47. The molecule has 5 nitrogen and oxygen atoms in total. The summed E-state index contributed by atoms with van der Waals surface area (Å²) in [5.74, 6) is 0.374. The number of likely N-dealkylation sites (tertiary alicyclic amines) is 2. The highest BCUT2D eigenvalue weighted by atomic mass is 35.5. The summed E-state index contributed by atoms with van der Waals surface area (Å²) in [6.45, 7) is 5.27. The van der Waals surface area contributed by atoms with Crippen LogP contribution in [0.1, 0.15) is 22.5 Å². The molecule has 1 unspecified atom stereocenters. The molecular weight excluding hydrogens is 348 g/mol. The molecule has 1 amide bonds. The third-order valence-electron chi connectivity index (χ3n) is 5.55. The van der Waals surface area contributed by atoms with Crippen molar-refractivity contribution in [3.8, 4) is 0 Å².